The molecule has 0 aliphatic heterocycles. The van der Waals surface area contributed by atoms with E-state index >= 15 is 0 Å². The number of aromatic nitrogens is 1. The minimum atomic E-state index is 0.665. The molecule has 2 aromatic rings. The number of ether oxygens (including phenoxy) is 2. The van der Waals surface area contributed by atoms with Gasteiger partial charge in [-0.1, -0.05) is 0 Å². The Kier molecular flexibility index (Phi) is 4.02. The molecule has 0 saturated heterocycles. The second kappa shape index (κ2) is 5.51. The molecule has 0 fully saturated rings. The molecule has 0 unspecified atom stereocenters. The molecule has 1 aromatic heterocycles. The lowest BCUT2D eigenvalue weighted by Crippen LogP contribution is -1.88. The maximum Gasteiger partial charge on any atom is 0.159 e. The van der Waals surface area contributed by atoms with Gasteiger partial charge in [-0.05, 0) is 62.2 Å². The third-order valence-electron chi connectivity index (χ3n) is 2.07. The smallest absolute Gasteiger partial charge is 0.159 e. The molecule has 0 spiro atoms. The molecule has 0 N–H and O–H groups in total. The summed E-state index contributed by atoms with van der Waals surface area (Å²) in [5.74, 6) is 2.19. The highest BCUT2D eigenvalue weighted by Gasteiger charge is 2.04. The van der Waals surface area contributed by atoms with Crippen molar-refractivity contribution in [3.63, 3.8) is 0 Å². The number of hydrogen-bond acceptors (Lipinski definition) is 3. The Labute approximate surface area is 116 Å². The van der Waals surface area contributed by atoms with Crippen LogP contribution in [-0.4, -0.2) is 12.1 Å². The Balaban J connectivity index is 2.19. The number of halogens is 2. The maximum atomic E-state index is 5.68. The van der Waals surface area contributed by atoms with E-state index in [4.69, 9.17) is 9.47 Å². The van der Waals surface area contributed by atoms with E-state index in [2.05, 4.69) is 36.8 Å². The number of rotatable bonds is 3. The third-order valence-corrected chi connectivity index (χ3v) is 3.13. The van der Waals surface area contributed by atoms with Gasteiger partial charge in [-0.3, -0.25) is 0 Å². The van der Waals surface area contributed by atoms with Gasteiger partial charge in [-0.25, -0.2) is 4.98 Å². The van der Waals surface area contributed by atoms with Crippen molar-refractivity contribution in [3.05, 3.63) is 45.6 Å². The monoisotopic (exact) mass is 357 g/mol. The lowest BCUT2D eigenvalue weighted by molar-refractivity contribution is 0.412. The predicted octanol–water partition coefficient (Wildman–Crippen LogP) is 4.41. The molecule has 3 nitrogen and oxygen atoms in total. The van der Waals surface area contributed by atoms with Gasteiger partial charge in [0, 0.05) is 0 Å². The van der Waals surface area contributed by atoms with Crippen molar-refractivity contribution in [2.24, 2.45) is 0 Å². The van der Waals surface area contributed by atoms with Crippen LogP contribution in [0.1, 0.15) is 0 Å². The summed E-state index contributed by atoms with van der Waals surface area (Å²) in [7, 11) is 1.63. The number of methoxy groups -OCH3 is 1. The summed E-state index contributed by atoms with van der Waals surface area (Å²) < 4.78 is 12.4. The molecule has 0 saturated carbocycles. The SMILES string of the molecule is COc1ccc(Oc2cnc(Br)cc2Br)cc1. The van der Waals surface area contributed by atoms with Gasteiger partial charge in [0.2, 0.25) is 0 Å². The van der Waals surface area contributed by atoms with E-state index in [1.807, 2.05) is 30.3 Å². The molecule has 5 heteroatoms. The van der Waals surface area contributed by atoms with Gasteiger partial charge in [0.25, 0.3) is 0 Å². The van der Waals surface area contributed by atoms with Crippen LogP contribution in [0.3, 0.4) is 0 Å². The minimum absolute atomic E-state index is 0.665. The average molecular weight is 359 g/mol. The number of hydrogen-bond donors (Lipinski definition) is 0. The Bertz CT molecular complexity index is 514. The summed E-state index contributed by atoms with van der Waals surface area (Å²) in [6.07, 6.45) is 1.65. The van der Waals surface area contributed by atoms with E-state index in [9.17, 15) is 0 Å². The van der Waals surface area contributed by atoms with Crippen LogP contribution in [0.4, 0.5) is 0 Å². The normalized spacial score (nSPS) is 10.1. The van der Waals surface area contributed by atoms with Crippen LogP contribution in [-0.2, 0) is 0 Å². The van der Waals surface area contributed by atoms with Crippen LogP contribution in [0, 0.1) is 0 Å². The van der Waals surface area contributed by atoms with E-state index in [0.29, 0.717) is 5.75 Å². The molecule has 0 aliphatic carbocycles. The summed E-state index contributed by atoms with van der Waals surface area (Å²) >= 11 is 6.70. The lowest BCUT2D eigenvalue weighted by atomic mass is 10.3. The zero-order valence-corrected chi connectivity index (χ0v) is 12.2. The van der Waals surface area contributed by atoms with Gasteiger partial charge in [0.15, 0.2) is 5.75 Å². The Morgan fingerprint density at radius 3 is 2.29 bits per heavy atom. The summed E-state index contributed by atoms with van der Waals surface area (Å²) in [5, 5.41) is 0. The molecule has 88 valence electrons. The molecule has 0 radical (unpaired) electrons. The van der Waals surface area contributed by atoms with Crippen LogP contribution in [0.2, 0.25) is 0 Å². The zero-order valence-electron chi connectivity index (χ0n) is 8.98. The number of pyridine rings is 1. The highest BCUT2D eigenvalue weighted by molar-refractivity contribution is 9.11. The van der Waals surface area contributed by atoms with Gasteiger partial charge < -0.3 is 9.47 Å². The standard InChI is InChI=1S/C12H9Br2NO2/c1-16-8-2-4-9(5-3-8)17-11-7-15-12(14)6-10(11)13/h2-7H,1H3. The first kappa shape index (κ1) is 12.4. The van der Waals surface area contributed by atoms with Crippen molar-refractivity contribution in [2.75, 3.05) is 7.11 Å². The van der Waals surface area contributed by atoms with Crippen molar-refractivity contribution >= 4 is 31.9 Å². The van der Waals surface area contributed by atoms with Crippen molar-refractivity contribution in [3.8, 4) is 17.2 Å². The summed E-state index contributed by atoms with van der Waals surface area (Å²) in [6, 6.07) is 9.20. The Morgan fingerprint density at radius 1 is 1.06 bits per heavy atom. The number of nitrogens with zero attached hydrogens (tertiary/aromatic N) is 1. The molecule has 1 aromatic carbocycles. The van der Waals surface area contributed by atoms with Crippen LogP contribution in [0.15, 0.2) is 45.6 Å². The highest BCUT2D eigenvalue weighted by atomic mass is 79.9. The summed E-state index contributed by atoms with van der Waals surface area (Å²) in [5.41, 5.74) is 0. The first-order valence-electron chi connectivity index (χ1n) is 4.82. The van der Waals surface area contributed by atoms with Crippen LogP contribution in [0.25, 0.3) is 0 Å². The molecular formula is C12H9Br2NO2. The maximum absolute atomic E-state index is 5.68. The first-order chi connectivity index (χ1) is 8.19. The summed E-state index contributed by atoms with van der Waals surface area (Å²) in [4.78, 5) is 4.11. The molecule has 17 heavy (non-hydrogen) atoms. The van der Waals surface area contributed by atoms with Crippen molar-refractivity contribution in [1.82, 2.24) is 4.98 Å². The second-order valence-corrected chi connectivity index (χ2v) is 4.88. The summed E-state index contributed by atoms with van der Waals surface area (Å²) in [6.45, 7) is 0. The molecule has 1 heterocycles. The van der Waals surface area contributed by atoms with E-state index in [0.717, 1.165) is 20.6 Å². The van der Waals surface area contributed by atoms with Crippen LogP contribution < -0.4 is 9.47 Å². The largest absolute Gasteiger partial charge is 0.497 e. The Morgan fingerprint density at radius 2 is 1.71 bits per heavy atom. The first-order valence-corrected chi connectivity index (χ1v) is 6.40. The van der Waals surface area contributed by atoms with Crippen LogP contribution in [0.5, 0.6) is 17.2 Å². The average Bonchev–Trinajstić information content (AvgIpc) is 2.34. The topological polar surface area (TPSA) is 31.4 Å². The van der Waals surface area contributed by atoms with Crippen molar-refractivity contribution in [1.29, 1.82) is 0 Å². The Hall–Kier alpha value is -1.07. The van der Waals surface area contributed by atoms with Gasteiger partial charge in [0.1, 0.15) is 16.1 Å². The van der Waals surface area contributed by atoms with E-state index in [1.165, 1.54) is 0 Å². The fourth-order valence-electron chi connectivity index (χ4n) is 1.24. The van der Waals surface area contributed by atoms with Gasteiger partial charge in [0.05, 0.1) is 17.8 Å². The van der Waals surface area contributed by atoms with E-state index in [-0.39, 0.29) is 0 Å². The van der Waals surface area contributed by atoms with E-state index < -0.39 is 0 Å². The van der Waals surface area contributed by atoms with Gasteiger partial charge in [-0.15, -0.1) is 0 Å². The van der Waals surface area contributed by atoms with Crippen LogP contribution >= 0.6 is 31.9 Å². The number of benzene rings is 1. The third kappa shape index (κ3) is 3.20. The zero-order chi connectivity index (χ0) is 12.3. The predicted molar refractivity (Wildman–Crippen MR) is 72.7 cm³/mol. The lowest BCUT2D eigenvalue weighted by Gasteiger charge is -2.08. The second-order valence-electron chi connectivity index (χ2n) is 3.22. The molecular weight excluding hydrogens is 350 g/mol. The minimum Gasteiger partial charge on any atom is -0.497 e. The molecule has 0 atom stereocenters. The van der Waals surface area contributed by atoms with Gasteiger partial charge in [-0.2, -0.15) is 0 Å². The molecule has 0 amide bonds. The van der Waals surface area contributed by atoms with Gasteiger partial charge >= 0.3 is 0 Å². The molecule has 2 rings (SSSR count). The van der Waals surface area contributed by atoms with Crippen molar-refractivity contribution < 1.29 is 9.47 Å². The molecule has 0 aliphatic rings. The van der Waals surface area contributed by atoms with Crippen molar-refractivity contribution in [2.45, 2.75) is 0 Å². The fraction of sp³-hybridized carbons (Fsp3) is 0.0833. The quantitative estimate of drug-likeness (QED) is 0.761. The highest BCUT2D eigenvalue weighted by Crippen LogP contribution is 2.31. The van der Waals surface area contributed by atoms with E-state index in [1.54, 1.807) is 13.3 Å². The molecule has 0 bridgehead atoms. The fourth-order valence-corrected chi connectivity index (χ4v) is 2.28.